The third kappa shape index (κ3) is 5.81. The van der Waals surface area contributed by atoms with Gasteiger partial charge in [0.15, 0.2) is 11.6 Å². The molecule has 0 aliphatic rings. The summed E-state index contributed by atoms with van der Waals surface area (Å²) in [6.07, 6.45) is 5.94. The van der Waals surface area contributed by atoms with E-state index in [-0.39, 0.29) is 11.7 Å². The van der Waals surface area contributed by atoms with Crippen LogP contribution in [0.15, 0.2) is 48.8 Å². The molecule has 1 aromatic carbocycles. The number of aliphatic hydroxyl groups is 1. The second-order valence-corrected chi connectivity index (χ2v) is 5.24. The fourth-order valence-electron chi connectivity index (χ4n) is 1.87. The molecule has 0 aliphatic carbocycles. The maximum Gasteiger partial charge on any atom is 0.244 e. The maximum absolute atomic E-state index is 14.0. The van der Waals surface area contributed by atoms with E-state index in [9.17, 15) is 9.18 Å². The van der Waals surface area contributed by atoms with Gasteiger partial charge in [0, 0.05) is 18.8 Å². The van der Waals surface area contributed by atoms with Crippen LogP contribution in [0, 0.1) is 5.82 Å². The summed E-state index contributed by atoms with van der Waals surface area (Å²) < 4.78 is 19.4. The lowest BCUT2D eigenvalue weighted by Gasteiger charge is -2.06. The molecule has 0 bridgehead atoms. The predicted molar refractivity (Wildman–Crippen MR) is 89.1 cm³/mol. The average molecular weight is 330 g/mol. The molecular formula is C18H19FN2O3. The number of aliphatic hydroxyl groups excluding tert-OH is 1. The highest BCUT2D eigenvalue weighted by molar-refractivity contribution is 5.91. The second-order valence-electron chi connectivity index (χ2n) is 5.24. The Balaban J connectivity index is 1.94. The fourth-order valence-corrected chi connectivity index (χ4v) is 1.87. The number of pyridine rings is 1. The summed E-state index contributed by atoms with van der Waals surface area (Å²) >= 11 is 0. The number of ether oxygens (including phenoxy) is 1. The van der Waals surface area contributed by atoms with E-state index in [4.69, 9.17) is 9.84 Å². The summed E-state index contributed by atoms with van der Waals surface area (Å²) in [7, 11) is 0. The van der Waals surface area contributed by atoms with Gasteiger partial charge in [-0.05, 0) is 49.2 Å². The van der Waals surface area contributed by atoms with Crippen LogP contribution in [0.5, 0.6) is 11.5 Å². The number of hydrogen-bond acceptors (Lipinski definition) is 4. The van der Waals surface area contributed by atoms with Crippen molar-refractivity contribution >= 4 is 12.0 Å². The molecule has 1 aromatic heterocycles. The fraction of sp³-hybridized carbons (Fsp3) is 0.222. The van der Waals surface area contributed by atoms with E-state index in [1.165, 1.54) is 30.5 Å². The molecule has 5 nitrogen and oxygen atoms in total. The molecule has 0 spiro atoms. The third-order valence-electron chi connectivity index (χ3n) is 3.11. The molecule has 0 aliphatic heterocycles. The van der Waals surface area contributed by atoms with Crippen molar-refractivity contribution in [3.8, 4) is 11.5 Å². The van der Waals surface area contributed by atoms with Crippen LogP contribution in [0.2, 0.25) is 0 Å². The quantitative estimate of drug-likeness (QED) is 0.766. The van der Waals surface area contributed by atoms with Crippen molar-refractivity contribution in [2.75, 3.05) is 6.54 Å². The number of carbonyl (C=O) groups excluding carboxylic acids is 1. The van der Waals surface area contributed by atoms with Crippen LogP contribution in [-0.2, 0) is 4.79 Å². The lowest BCUT2D eigenvalue weighted by atomic mass is 10.2. The Morgan fingerprint density at radius 1 is 1.46 bits per heavy atom. The zero-order valence-electron chi connectivity index (χ0n) is 13.3. The molecule has 2 aromatic rings. The monoisotopic (exact) mass is 330 g/mol. The van der Waals surface area contributed by atoms with Crippen LogP contribution < -0.4 is 10.1 Å². The Labute approximate surface area is 139 Å². The van der Waals surface area contributed by atoms with Crippen molar-refractivity contribution in [3.05, 3.63) is 60.2 Å². The Morgan fingerprint density at radius 3 is 2.96 bits per heavy atom. The zero-order valence-corrected chi connectivity index (χ0v) is 13.3. The molecule has 0 saturated heterocycles. The van der Waals surface area contributed by atoms with Gasteiger partial charge in [-0.3, -0.25) is 9.78 Å². The van der Waals surface area contributed by atoms with Crippen LogP contribution in [-0.4, -0.2) is 28.6 Å². The molecule has 1 amide bonds. The maximum atomic E-state index is 14.0. The highest BCUT2D eigenvalue weighted by Gasteiger charge is 2.05. The summed E-state index contributed by atoms with van der Waals surface area (Å²) in [4.78, 5) is 15.5. The number of rotatable bonds is 7. The minimum absolute atomic E-state index is 0.0848. The van der Waals surface area contributed by atoms with Crippen molar-refractivity contribution in [3.63, 3.8) is 0 Å². The molecule has 24 heavy (non-hydrogen) atoms. The van der Waals surface area contributed by atoms with E-state index in [0.717, 1.165) is 0 Å². The Kier molecular flexibility index (Phi) is 6.45. The van der Waals surface area contributed by atoms with Crippen LogP contribution in [0.25, 0.3) is 6.08 Å². The normalized spacial score (nSPS) is 12.1. The van der Waals surface area contributed by atoms with E-state index < -0.39 is 11.9 Å². The Morgan fingerprint density at radius 2 is 2.29 bits per heavy atom. The van der Waals surface area contributed by atoms with E-state index >= 15 is 0 Å². The average Bonchev–Trinajstić information content (AvgIpc) is 2.56. The minimum atomic E-state index is -0.532. The lowest BCUT2D eigenvalue weighted by Crippen LogP contribution is -2.24. The highest BCUT2D eigenvalue weighted by atomic mass is 19.1. The summed E-state index contributed by atoms with van der Waals surface area (Å²) in [6, 6.07) is 7.80. The van der Waals surface area contributed by atoms with Crippen molar-refractivity contribution in [2.45, 2.75) is 19.4 Å². The van der Waals surface area contributed by atoms with Crippen LogP contribution >= 0.6 is 0 Å². The van der Waals surface area contributed by atoms with Gasteiger partial charge in [0.2, 0.25) is 5.91 Å². The van der Waals surface area contributed by atoms with E-state index in [0.29, 0.717) is 24.3 Å². The van der Waals surface area contributed by atoms with Gasteiger partial charge in [-0.2, -0.15) is 0 Å². The van der Waals surface area contributed by atoms with Gasteiger partial charge in [0.25, 0.3) is 0 Å². The van der Waals surface area contributed by atoms with Gasteiger partial charge >= 0.3 is 0 Å². The van der Waals surface area contributed by atoms with Crippen LogP contribution in [0.4, 0.5) is 4.39 Å². The highest BCUT2D eigenvalue weighted by Crippen LogP contribution is 2.24. The Hall–Kier alpha value is -2.73. The standard InChI is InChI=1S/C18H19FN2O3/c1-13(22)8-10-21-18(23)7-5-14-4-6-17(16(19)11-14)24-15-3-2-9-20-12-15/h2-7,9,11-13,22H,8,10H2,1H3,(H,21,23). The van der Waals surface area contributed by atoms with Crippen LogP contribution in [0.3, 0.4) is 0 Å². The summed E-state index contributed by atoms with van der Waals surface area (Å²) in [5.41, 5.74) is 0.539. The lowest BCUT2D eigenvalue weighted by molar-refractivity contribution is -0.116. The largest absolute Gasteiger partial charge is 0.453 e. The second kappa shape index (κ2) is 8.79. The molecule has 1 atom stereocenters. The molecule has 0 fully saturated rings. The van der Waals surface area contributed by atoms with Gasteiger partial charge in [-0.1, -0.05) is 6.07 Å². The minimum Gasteiger partial charge on any atom is -0.453 e. The molecule has 0 radical (unpaired) electrons. The summed E-state index contributed by atoms with van der Waals surface area (Å²) in [5.74, 6) is -0.305. The van der Waals surface area contributed by atoms with Gasteiger partial charge in [0.1, 0.15) is 5.75 Å². The number of aromatic nitrogens is 1. The molecule has 1 heterocycles. The van der Waals surface area contributed by atoms with Gasteiger partial charge in [-0.25, -0.2) is 4.39 Å². The third-order valence-corrected chi connectivity index (χ3v) is 3.11. The number of amides is 1. The van der Waals surface area contributed by atoms with Crippen molar-refractivity contribution in [2.24, 2.45) is 0 Å². The number of halogens is 1. The predicted octanol–water partition coefficient (Wildman–Crippen LogP) is 2.91. The number of hydrogen-bond donors (Lipinski definition) is 2. The van der Waals surface area contributed by atoms with Gasteiger partial charge in [0.05, 0.1) is 12.3 Å². The molecule has 2 rings (SSSR count). The first kappa shape index (κ1) is 17.6. The summed E-state index contributed by atoms with van der Waals surface area (Å²) in [5, 5.41) is 11.7. The van der Waals surface area contributed by atoms with Crippen LogP contribution in [0.1, 0.15) is 18.9 Å². The molecular weight excluding hydrogens is 311 g/mol. The van der Waals surface area contributed by atoms with Gasteiger partial charge < -0.3 is 15.2 Å². The molecule has 0 saturated carbocycles. The molecule has 6 heteroatoms. The number of carbonyl (C=O) groups is 1. The topological polar surface area (TPSA) is 71.5 Å². The number of benzene rings is 1. The first-order chi connectivity index (χ1) is 11.5. The zero-order chi connectivity index (χ0) is 17.4. The molecule has 2 N–H and O–H groups in total. The first-order valence-electron chi connectivity index (χ1n) is 7.56. The van der Waals surface area contributed by atoms with E-state index in [1.807, 2.05) is 0 Å². The van der Waals surface area contributed by atoms with Crippen molar-refractivity contribution in [1.82, 2.24) is 10.3 Å². The Bertz CT molecular complexity index is 703. The number of nitrogens with zero attached hydrogens (tertiary/aromatic N) is 1. The van der Waals surface area contributed by atoms with E-state index in [1.54, 1.807) is 31.3 Å². The van der Waals surface area contributed by atoms with Crippen molar-refractivity contribution < 1.29 is 19.0 Å². The van der Waals surface area contributed by atoms with E-state index in [2.05, 4.69) is 10.3 Å². The SMILES string of the molecule is CC(O)CCNC(=O)C=Cc1ccc(Oc2cccnc2)c(F)c1. The number of nitrogens with one attached hydrogen (secondary N) is 1. The molecule has 126 valence electrons. The van der Waals surface area contributed by atoms with Crippen molar-refractivity contribution in [1.29, 1.82) is 0 Å². The molecule has 1 unspecified atom stereocenters. The first-order valence-corrected chi connectivity index (χ1v) is 7.56. The smallest absolute Gasteiger partial charge is 0.244 e. The van der Waals surface area contributed by atoms with Gasteiger partial charge in [-0.15, -0.1) is 0 Å². The summed E-state index contributed by atoms with van der Waals surface area (Å²) in [6.45, 7) is 2.03.